The fourth-order valence-electron chi connectivity index (χ4n) is 3.60. The van der Waals surface area contributed by atoms with Gasteiger partial charge in [-0.25, -0.2) is 0 Å². The van der Waals surface area contributed by atoms with Crippen LogP contribution in [0.5, 0.6) is 5.75 Å². The third kappa shape index (κ3) is 3.46. The highest BCUT2D eigenvalue weighted by Crippen LogP contribution is 2.38. The van der Waals surface area contributed by atoms with Crippen molar-refractivity contribution in [3.8, 4) is 5.75 Å². The van der Waals surface area contributed by atoms with Crippen molar-refractivity contribution in [2.75, 3.05) is 5.32 Å². The minimum absolute atomic E-state index is 0.0345. The van der Waals surface area contributed by atoms with Crippen molar-refractivity contribution in [1.82, 2.24) is 4.90 Å². The third-order valence-corrected chi connectivity index (χ3v) is 4.97. The standard InChI is InChI=1S/C24H24N2O2/c1-17(2)26-23(25-21-14-8-6-12-19(21)24(26)27)20-13-7-9-15-22(20)28-16-18-10-4-3-5-11-18/h3-15,17,23,25H,16H2,1-2H3. The first-order valence-electron chi connectivity index (χ1n) is 9.59. The number of carbonyl (C=O) groups is 1. The molecule has 1 aliphatic heterocycles. The number of para-hydroxylation sites is 2. The summed E-state index contributed by atoms with van der Waals surface area (Å²) in [5.41, 5.74) is 3.62. The molecule has 3 aromatic carbocycles. The summed E-state index contributed by atoms with van der Waals surface area (Å²) in [5, 5.41) is 3.54. The van der Waals surface area contributed by atoms with E-state index in [-0.39, 0.29) is 18.1 Å². The summed E-state index contributed by atoms with van der Waals surface area (Å²) < 4.78 is 6.15. The van der Waals surface area contributed by atoms with Crippen LogP contribution in [0.3, 0.4) is 0 Å². The van der Waals surface area contributed by atoms with Gasteiger partial charge in [0.15, 0.2) is 0 Å². The van der Waals surface area contributed by atoms with Gasteiger partial charge in [-0.1, -0.05) is 60.7 Å². The number of anilines is 1. The van der Waals surface area contributed by atoms with E-state index in [1.54, 1.807) is 0 Å². The van der Waals surface area contributed by atoms with E-state index < -0.39 is 0 Å². The average molecular weight is 372 g/mol. The number of hydrogen-bond acceptors (Lipinski definition) is 3. The molecule has 1 atom stereocenters. The van der Waals surface area contributed by atoms with Gasteiger partial charge in [0.2, 0.25) is 0 Å². The van der Waals surface area contributed by atoms with Gasteiger partial charge in [-0.3, -0.25) is 4.79 Å². The molecule has 1 amide bonds. The second-order valence-corrected chi connectivity index (χ2v) is 7.21. The van der Waals surface area contributed by atoms with Crippen LogP contribution in [0.2, 0.25) is 0 Å². The third-order valence-electron chi connectivity index (χ3n) is 4.97. The molecule has 4 heteroatoms. The molecule has 4 rings (SSSR count). The highest BCUT2D eigenvalue weighted by atomic mass is 16.5. The van der Waals surface area contributed by atoms with Gasteiger partial charge in [-0.2, -0.15) is 0 Å². The Labute approximate surface area is 165 Å². The second kappa shape index (κ2) is 7.77. The van der Waals surface area contributed by atoms with Crippen LogP contribution in [-0.4, -0.2) is 16.8 Å². The molecule has 0 aliphatic carbocycles. The van der Waals surface area contributed by atoms with Crippen molar-refractivity contribution in [3.63, 3.8) is 0 Å². The lowest BCUT2D eigenvalue weighted by Gasteiger charge is -2.41. The summed E-state index contributed by atoms with van der Waals surface area (Å²) in [6.07, 6.45) is -0.283. The Morgan fingerprint density at radius 1 is 0.929 bits per heavy atom. The summed E-state index contributed by atoms with van der Waals surface area (Å²) in [5.74, 6) is 0.814. The summed E-state index contributed by atoms with van der Waals surface area (Å²) >= 11 is 0. The van der Waals surface area contributed by atoms with Gasteiger partial charge in [-0.05, 0) is 37.6 Å². The van der Waals surface area contributed by atoms with E-state index in [1.165, 1.54) is 0 Å². The van der Waals surface area contributed by atoms with Crippen LogP contribution >= 0.6 is 0 Å². The van der Waals surface area contributed by atoms with Crippen molar-refractivity contribution in [2.45, 2.75) is 32.7 Å². The van der Waals surface area contributed by atoms with Gasteiger partial charge in [0.25, 0.3) is 5.91 Å². The van der Waals surface area contributed by atoms with Crippen molar-refractivity contribution in [1.29, 1.82) is 0 Å². The fraction of sp³-hybridized carbons (Fsp3) is 0.208. The minimum atomic E-state index is -0.283. The molecule has 0 saturated heterocycles. The van der Waals surface area contributed by atoms with E-state index in [2.05, 4.69) is 5.32 Å². The average Bonchev–Trinajstić information content (AvgIpc) is 2.73. The maximum atomic E-state index is 13.2. The van der Waals surface area contributed by atoms with Gasteiger partial charge in [0.1, 0.15) is 18.5 Å². The van der Waals surface area contributed by atoms with E-state index in [4.69, 9.17) is 4.74 Å². The maximum absolute atomic E-state index is 13.2. The topological polar surface area (TPSA) is 41.6 Å². The lowest BCUT2D eigenvalue weighted by molar-refractivity contribution is 0.0613. The first-order chi connectivity index (χ1) is 13.6. The number of nitrogens with one attached hydrogen (secondary N) is 1. The maximum Gasteiger partial charge on any atom is 0.258 e. The number of nitrogens with zero attached hydrogens (tertiary/aromatic N) is 1. The van der Waals surface area contributed by atoms with Crippen LogP contribution in [0.25, 0.3) is 0 Å². The smallest absolute Gasteiger partial charge is 0.258 e. The Morgan fingerprint density at radius 3 is 2.39 bits per heavy atom. The zero-order chi connectivity index (χ0) is 19.5. The molecule has 1 aliphatic rings. The molecule has 1 heterocycles. The molecule has 28 heavy (non-hydrogen) atoms. The Balaban J connectivity index is 1.68. The summed E-state index contributed by atoms with van der Waals surface area (Å²) in [7, 11) is 0. The number of carbonyl (C=O) groups excluding carboxylic acids is 1. The molecule has 0 aromatic heterocycles. The number of hydrogen-bond donors (Lipinski definition) is 1. The Morgan fingerprint density at radius 2 is 1.61 bits per heavy atom. The summed E-state index contributed by atoms with van der Waals surface area (Å²) in [6.45, 7) is 4.55. The normalized spacial score (nSPS) is 15.9. The summed E-state index contributed by atoms with van der Waals surface area (Å²) in [6, 6.07) is 25.7. The molecule has 0 radical (unpaired) electrons. The van der Waals surface area contributed by atoms with Crippen LogP contribution in [-0.2, 0) is 6.61 Å². The molecule has 1 unspecified atom stereocenters. The number of rotatable bonds is 5. The molecule has 3 aromatic rings. The first-order valence-corrected chi connectivity index (χ1v) is 9.59. The van der Waals surface area contributed by atoms with Crippen LogP contribution in [0.1, 0.15) is 41.5 Å². The van der Waals surface area contributed by atoms with Crippen molar-refractivity contribution in [3.05, 3.63) is 95.6 Å². The predicted octanol–water partition coefficient (Wildman–Crippen LogP) is 5.24. The number of benzene rings is 3. The van der Waals surface area contributed by atoms with Crippen LogP contribution in [0.15, 0.2) is 78.9 Å². The quantitative estimate of drug-likeness (QED) is 0.666. The molecular formula is C24H24N2O2. The van der Waals surface area contributed by atoms with Crippen LogP contribution < -0.4 is 10.1 Å². The zero-order valence-corrected chi connectivity index (χ0v) is 16.1. The van der Waals surface area contributed by atoms with Crippen molar-refractivity contribution in [2.24, 2.45) is 0 Å². The molecule has 0 saturated carbocycles. The van der Waals surface area contributed by atoms with E-state index in [0.29, 0.717) is 12.2 Å². The molecule has 0 spiro atoms. The van der Waals surface area contributed by atoms with E-state index in [0.717, 1.165) is 22.6 Å². The predicted molar refractivity (Wildman–Crippen MR) is 111 cm³/mol. The van der Waals surface area contributed by atoms with Gasteiger partial charge in [-0.15, -0.1) is 0 Å². The molecular weight excluding hydrogens is 348 g/mol. The van der Waals surface area contributed by atoms with E-state index >= 15 is 0 Å². The SMILES string of the molecule is CC(C)N1C(=O)c2ccccc2NC1c1ccccc1OCc1ccccc1. The van der Waals surface area contributed by atoms with Crippen molar-refractivity contribution < 1.29 is 9.53 Å². The second-order valence-electron chi connectivity index (χ2n) is 7.21. The molecule has 1 N–H and O–H groups in total. The number of ether oxygens (including phenoxy) is 1. The van der Waals surface area contributed by atoms with Gasteiger partial charge in [0, 0.05) is 17.3 Å². The van der Waals surface area contributed by atoms with Crippen molar-refractivity contribution >= 4 is 11.6 Å². The van der Waals surface area contributed by atoms with E-state index in [1.807, 2.05) is 97.6 Å². The fourth-order valence-corrected chi connectivity index (χ4v) is 3.60. The highest BCUT2D eigenvalue weighted by Gasteiger charge is 2.35. The Kier molecular flexibility index (Phi) is 5.02. The van der Waals surface area contributed by atoms with E-state index in [9.17, 15) is 4.79 Å². The minimum Gasteiger partial charge on any atom is -0.488 e. The van der Waals surface area contributed by atoms with Crippen LogP contribution in [0.4, 0.5) is 5.69 Å². The Hall–Kier alpha value is -3.27. The monoisotopic (exact) mass is 372 g/mol. The molecule has 4 nitrogen and oxygen atoms in total. The lowest BCUT2D eigenvalue weighted by Crippen LogP contribution is -2.46. The number of amides is 1. The molecule has 142 valence electrons. The first kappa shape index (κ1) is 18.1. The lowest BCUT2D eigenvalue weighted by atomic mass is 10.0. The molecule has 0 bridgehead atoms. The molecule has 0 fully saturated rings. The van der Waals surface area contributed by atoms with Crippen LogP contribution in [0, 0.1) is 0 Å². The van der Waals surface area contributed by atoms with Gasteiger partial charge < -0.3 is 15.0 Å². The number of fused-ring (bicyclic) bond motifs is 1. The zero-order valence-electron chi connectivity index (χ0n) is 16.1. The largest absolute Gasteiger partial charge is 0.488 e. The highest BCUT2D eigenvalue weighted by molar-refractivity contribution is 6.01. The Bertz CT molecular complexity index is 969. The summed E-state index contributed by atoms with van der Waals surface area (Å²) in [4.78, 5) is 15.1. The van der Waals surface area contributed by atoms with Gasteiger partial charge >= 0.3 is 0 Å². The van der Waals surface area contributed by atoms with Gasteiger partial charge in [0.05, 0.1) is 5.56 Å².